The van der Waals surface area contributed by atoms with Crippen molar-refractivity contribution in [2.75, 3.05) is 20.8 Å². The number of carbonyl (C=O) groups excluding carboxylic acids is 1. The number of amides is 1. The Morgan fingerprint density at radius 1 is 1.00 bits per heavy atom. The minimum atomic E-state index is -0.0615. The maximum absolute atomic E-state index is 12.4. The molecule has 28 heavy (non-hydrogen) atoms. The first-order valence-electron chi connectivity index (χ1n) is 9.90. The summed E-state index contributed by atoms with van der Waals surface area (Å²) in [5, 5.41) is 3.13. The summed E-state index contributed by atoms with van der Waals surface area (Å²) in [6.45, 7) is 0.625. The van der Waals surface area contributed by atoms with Crippen molar-refractivity contribution in [3.05, 3.63) is 65.7 Å². The predicted molar refractivity (Wildman–Crippen MR) is 113 cm³/mol. The molecule has 1 amide bonds. The lowest BCUT2D eigenvalue weighted by Crippen LogP contribution is -2.41. The number of rotatable bonds is 7. The van der Waals surface area contributed by atoms with Crippen LogP contribution in [0.4, 0.5) is 0 Å². The normalized spacial score (nSPS) is 15.9. The van der Waals surface area contributed by atoms with E-state index < -0.39 is 0 Å². The fraction of sp³-hybridized carbons (Fsp3) is 0.375. The molecule has 148 valence electrons. The van der Waals surface area contributed by atoms with Gasteiger partial charge in [0.05, 0.1) is 14.2 Å². The topological polar surface area (TPSA) is 47.6 Å². The van der Waals surface area contributed by atoms with Gasteiger partial charge in [-0.2, -0.15) is 0 Å². The second-order valence-corrected chi connectivity index (χ2v) is 7.37. The largest absolute Gasteiger partial charge is 0.493 e. The van der Waals surface area contributed by atoms with E-state index in [1.807, 2.05) is 42.5 Å². The average molecular weight is 380 g/mol. The summed E-state index contributed by atoms with van der Waals surface area (Å²) in [5.74, 6) is 1.40. The molecule has 0 heterocycles. The summed E-state index contributed by atoms with van der Waals surface area (Å²) in [4.78, 5) is 12.4. The van der Waals surface area contributed by atoms with E-state index in [0.717, 1.165) is 29.9 Å². The Morgan fingerprint density at radius 2 is 1.71 bits per heavy atom. The standard InChI is InChI=1S/C24H29NO3/c1-27-21-13-12-20(17-22(21)28-2)24(15-7-4-8-16-24)18-25-23(26)14-11-19-9-5-3-6-10-19/h3,5-6,9-14,17H,4,7-8,15-16,18H2,1-2H3,(H,25,26)/b14-11-. The molecule has 1 N–H and O–H groups in total. The highest BCUT2D eigenvalue weighted by atomic mass is 16.5. The van der Waals surface area contributed by atoms with Gasteiger partial charge in [-0.15, -0.1) is 0 Å². The van der Waals surface area contributed by atoms with Crippen molar-refractivity contribution >= 4 is 12.0 Å². The highest BCUT2D eigenvalue weighted by Gasteiger charge is 2.34. The van der Waals surface area contributed by atoms with Crippen LogP contribution >= 0.6 is 0 Å². The van der Waals surface area contributed by atoms with Gasteiger partial charge >= 0.3 is 0 Å². The van der Waals surface area contributed by atoms with Gasteiger partial charge < -0.3 is 14.8 Å². The molecule has 0 aromatic heterocycles. The molecule has 2 aromatic rings. The van der Waals surface area contributed by atoms with Gasteiger partial charge in [-0.3, -0.25) is 4.79 Å². The minimum absolute atomic E-state index is 0.0609. The van der Waals surface area contributed by atoms with E-state index in [9.17, 15) is 4.79 Å². The van der Waals surface area contributed by atoms with Crippen LogP contribution in [0.5, 0.6) is 11.5 Å². The lowest BCUT2D eigenvalue weighted by atomic mass is 9.69. The molecule has 3 rings (SSSR count). The van der Waals surface area contributed by atoms with Gasteiger partial charge in [0, 0.05) is 18.0 Å². The van der Waals surface area contributed by atoms with Crippen LogP contribution in [-0.2, 0) is 10.2 Å². The van der Waals surface area contributed by atoms with Gasteiger partial charge in [0.2, 0.25) is 5.91 Å². The number of hydrogen-bond acceptors (Lipinski definition) is 3. The molecule has 1 saturated carbocycles. The molecule has 1 aliphatic rings. The lowest BCUT2D eigenvalue weighted by Gasteiger charge is -2.38. The molecule has 0 unspecified atom stereocenters. The zero-order valence-electron chi connectivity index (χ0n) is 16.7. The maximum atomic E-state index is 12.4. The number of ether oxygens (including phenoxy) is 2. The number of benzene rings is 2. The second-order valence-electron chi connectivity index (χ2n) is 7.37. The highest BCUT2D eigenvalue weighted by molar-refractivity contribution is 5.91. The third-order valence-electron chi connectivity index (χ3n) is 5.63. The van der Waals surface area contributed by atoms with Gasteiger partial charge in [0.1, 0.15) is 0 Å². The van der Waals surface area contributed by atoms with Crippen LogP contribution in [0.1, 0.15) is 43.2 Å². The van der Waals surface area contributed by atoms with E-state index in [0.29, 0.717) is 6.54 Å². The van der Waals surface area contributed by atoms with Crippen molar-refractivity contribution in [1.29, 1.82) is 0 Å². The molecule has 2 aromatic carbocycles. The SMILES string of the molecule is COc1ccc(C2(CNC(=O)/C=C\c3ccccc3)CCCCC2)cc1OC. The maximum Gasteiger partial charge on any atom is 0.244 e. The predicted octanol–water partition coefficient (Wildman–Crippen LogP) is 4.74. The van der Waals surface area contributed by atoms with Crippen molar-refractivity contribution in [1.82, 2.24) is 5.32 Å². The summed E-state index contributed by atoms with van der Waals surface area (Å²) < 4.78 is 10.9. The van der Waals surface area contributed by atoms with Crippen LogP contribution in [0.2, 0.25) is 0 Å². The summed E-state index contributed by atoms with van der Waals surface area (Å²) in [6, 6.07) is 16.0. The Labute approximate surface area is 167 Å². The Bertz CT molecular complexity index is 808. The monoisotopic (exact) mass is 379 g/mol. The van der Waals surface area contributed by atoms with E-state index in [2.05, 4.69) is 17.4 Å². The molecule has 4 heteroatoms. The first-order chi connectivity index (χ1) is 13.7. The zero-order chi connectivity index (χ0) is 19.8. The summed E-state index contributed by atoms with van der Waals surface area (Å²) >= 11 is 0. The van der Waals surface area contributed by atoms with Crippen LogP contribution < -0.4 is 14.8 Å². The van der Waals surface area contributed by atoms with E-state index >= 15 is 0 Å². The van der Waals surface area contributed by atoms with Crippen molar-refractivity contribution in [3.8, 4) is 11.5 Å². The Hall–Kier alpha value is -2.75. The fourth-order valence-corrected chi connectivity index (χ4v) is 4.01. The molecule has 0 bridgehead atoms. The first kappa shape index (κ1) is 20.0. The van der Waals surface area contributed by atoms with Crippen molar-refractivity contribution in [2.24, 2.45) is 0 Å². The average Bonchev–Trinajstić information content (AvgIpc) is 2.77. The quantitative estimate of drug-likeness (QED) is 0.707. The van der Waals surface area contributed by atoms with Gasteiger partial charge in [-0.05, 0) is 42.2 Å². The van der Waals surface area contributed by atoms with Crippen LogP contribution in [0.25, 0.3) is 6.08 Å². The van der Waals surface area contributed by atoms with Crippen LogP contribution in [0, 0.1) is 0 Å². The molecule has 0 atom stereocenters. The van der Waals surface area contributed by atoms with Crippen molar-refractivity contribution in [2.45, 2.75) is 37.5 Å². The lowest BCUT2D eigenvalue weighted by molar-refractivity contribution is -0.116. The molecular weight excluding hydrogens is 350 g/mol. The molecule has 0 saturated heterocycles. The smallest absolute Gasteiger partial charge is 0.244 e. The van der Waals surface area contributed by atoms with E-state index in [4.69, 9.17) is 9.47 Å². The number of methoxy groups -OCH3 is 2. The number of hydrogen-bond donors (Lipinski definition) is 1. The van der Waals surface area contributed by atoms with Gasteiger partial charge in [-0.25, -0.2) is 0 Å². The third-order valence-corrected chi connectivity index (χ3v) is 5.63. The van der Waals surface area contributed by atoms with Gasteiger partial charge in [0.15, 0.2) is 11.5 Å². The van der Waals surface area contributed by atoms with Crippen molar-refractivity contribution in [3.63, 3.8) is 0 Å². The number of nitrogens with one attached hydrogen (secondary N) is 1. The van der Waals surface area contributed by atoms with E-state index in [-0.39, 0.29) is 11.3 Å². The molecule has 4 nitrogen and oxygen atoms in total. The summed E-state index contributed by atoms with van der Waals surface area (Å²) in [7, 11) is 3.30. The van der Waals surface area contributed by atoms with Crippen molar-refractivity contribution < 1.29 is 14.3 Å². The number of carbonyl (C=O) groups is 1. The Balaban J connectivity index is 1.75. The second kappa shape index (κ2) is 9.45. The molecule has 1 aliphatic carbocycles. The Morgan fingerprint density at radius 3 is 2.39 bits per heavy atom. The first-order valence-corrected chi connectivity index (χ1v) is 9.90. The molecule has 1 fully saturated rings. The zero-order valence-corrected chi connectivity index (χ0v) is 16.7. The summed E-state index contributed by atoms with van der Waals surface area (Å²) in [6.07, 6.45) is 9.17. The van der Waals surface area contributed by atoms with E-state index in [1.165, 1.54) is 24.8 Å². The van der Waals surface area contributed by atoms with Crippen LogP contribution in [-0.4, -0.2) is 26.7 Å². The van der Waals surface area contributed by atoms with Crippen LogP contribution in [0.3, 0.4) is 0 Å². The molecule has 0 aliphatic heterocycles. The van der Waals surface area contributed by atoms with Crippen LogP contribution in [0.15, 0.2) is 54.6 Å². The molecule has 0 spiro atoms. The fourth-order valence-electron chi connectivity index (χ4n) is 4.01. The minimum Gasteiger partial charge on any atom is -0.493 e. The van der Waals surface area contributed by atoms with Gasteiger partial charge in [0.25, 0.3) is 0 Å². The third kappa shape index (κ3) is 4.75. The Kier molecular flexibility index (Phi) is 6.75. The van der Waals surface area contributed by atoms with E-state index in [1.54, 1.807) is 20.3 Å². The highest BCUT2D eigenvalue weighted by Crippen LogP contribution is 2.42. The molecular formula is C24H29NO3. The molecule has 0 radical (unpaired) electrons. The summed E-state index contributed by atoms with van der Waals surface area (Å²) in [5.41, 5.74) is 2.16. The van der Waals surface area contributed by atoms with Gasteiger partial charge in [-0.1, -0.05) is 55.7 Å².